The minimum Gasteiger partial charge on any atom is -0.339 e. The van der Waals surface area contributed by atoms with E-state index in [1.165, 1.54) is 23.1 Å². The van der Waals surface area contributed by atoms with Crippen LogP contribution in [0.4, 0.5) is 0 Å². The molecule has 3 heterocycles. The molecule has 1 saturated heterocycles. The first kappa shape index (κ1) is 17.4. The molecule has 2 atom stereocenters. The standard InChI is InChI=1S/C16H23N5OS2/c1-3-13-7-4-5-9-20(13)15(22)12(2)24-16-17-18-19-21(16)11-14-8-6-10-23-14/h6,8,10,12-13H,3-5,7,9,11H2,1-2H3. The molecule has 0 radical (unpaired) electrons. The van der Waals surface area contributed by atoms with Crippen molar-refractivity contribution in [2.24, 2.45) is 0 Å². The zero-order valence-electron chi connectivity index (χ0n) is 14.1. The van der Waals surface area contributed by atoms with Crippen LogP contribution in [-0.4, -0.2) is 48.9 Å². The summed E-state index contributed by atoms with van der Waals surface area (Å²) in [5.41, 5.74) is 0. The van der Waals surface area contributed by atoms with Crippen molar-refractivity contribution in [3.05, 3.63) is 22.4 Å². The van der Waals surface area contributed by atoms with Gasteiger partial charge in [0.1, 0.15) is 0 Å². The highest BCUT2D eigenvalue weighted by Crippen LogP contribution is 2.27. The molecule has 1 amide bonds. The van der Waals surface area contributed by atoms with Crippen LogP contribution in [0.2, 0.25) is 0 Å². The Morgan fingerprint density at radius 3 is 3.12 bits per heavy atom. The second-order valence-electron chi connectivity index (χ2n) is 6.05. The molecule has 130 valence electrons. The Morgan fingerprint density at radius 1 is 1.50 bits per heavy atom. The lowest BCUT2D eigenvalue weighted by Gasteiger charge is -2.36. The average molecular weight is 366 g/mol. The summed E-state index contributed by atoms with van der Waals surface area (Å²) in [4.78, 5) is 16.1. The largest absolute Gasteiger partial charge is 0.339 e. The quantitative estimate of drug-likeness (QED) is 0.736. The van der Waals surface area contributed by atoms with Crippen molar-refractivity contribution < 1.29 is 4.79 Å². The number of carbonyl (C=O) groups excluding carboxylic acids is 1. The molecule has 24 heavy (non-hydrogen) atoms. The molecular weight excluding hydrogens is 342 g/mol. The zero-order valence-corrected chi connectivity index (χ0v) is 15.7. The summed E-state index contributed by atoms with van der Waals surface area (Å²) in [5, 5.41) is 14.5. The van der Waals surface area contributed by atoms with Crippen LogP contribution < -0.4 is 0 Å². The lowest BCUT2D eigenvalue weighted by molar-refractivity contribution is -0.134. The molecule has 0 aromatic carbocycles. The van der Waals surface area contributed by atoms with Crippen LogP contribution >= 0.6 is 23.1 Å². The average Bonchev–Trinajstić information content (AvgIpc) is 3.27. The smallest absolute Gasteiger partial charge is 0.236 e. The number of hydrogen-bond acceptors (Lipinski definition) is 6. The van der Waals surface area contributed by atoms with Crippen LogP contribution in [0.25, 0.3) is 0 Å². The third kappa shape index (κ3) is 3.97. The Kier molecular flexibility index (Phi) is 5.89. The second kappa shape index (κ2) is 8.11. The molecule has 2 unspecified atom stereocenters. The maximum Gasteiger partial charge on any atom is 0.236 e. The Labute approximate surface area is 150 Å². The predicted octanol–water partition coefficient (Wildman–Crippen LogP) is 3.05. The van der Waals surface area contributed by atoms with E-state index in [2.05, 4.69) is 33.4 Å². The number of hydrogen-bond donors (Lipinski definition) is 0. The first-order valence-electron chi connectivity index (χ1n) is 8.44. The van der Waals surface area contributed by atoms with E-state index >= 15 is 0 Å². The summed E-state index contributed by atoms with van der Waals surface area (Å²) >= 11 is 3.13. The summed E-state index contributed by atoms with van der Waals surface area (Å²) < 4.78 is 1.77. The molecule has 2 aromatic rings. The summed E-state index contributed by atoms with van der Waals surface area (Å²) in [5.74, 6) is 0.206. The number of carbonyl (C=O) groups is 1. The van der Waals surface area contributed by atoms with Gasteiger partial charge in [-0.3, -0.25) is 4.79 Å². The highest BCUT2D eigenvalue weighted by molar-refractivity contribution is 8.00. The molecular formula is C16H23N5OS2. The molecule has 3 rings (SSSR count). The van der Waals surface area contributed by atoms with E-state index in [9.17, 15) is 4.79 Å². The van der Waals surface area contributed by atoms with E-state index in [4.69, 9.17) is 0 Å². The van der Waals surface area contributed by atoms with Crippen LogP contribution in [0.1, 0.15) is 44.4 Å². The number of nitrogens with zero attached hydrogens (tertiary/aromatic N) is 5. The lowest BCUT2D eigenvalue weighted by atomic mass is 10.00. The lowest BCUT2D eigenvalue weighted by Crippen LogP contribution is -2.46. The predicted molar refractivity (Wildman–Crippen MR) is 96.2 cm³/mol. The highest BCUT2D eigenvalue weighted by Gasteiger charge is 2.30. The van der Waals surface area contributed by atoms with Crippen molar-refractivity contribution in [2.75, 3.05) is 6.54 Å². The Balaban J connectivity index is 1.65. The maximum atomic E-state index is 12.9. The van der Waals surface area contributed by atoms with Crippen molar-refractivity contribution in [2.45, 2.75) is 62.5 Å². The van der Waals surface area contributed by atoms with E-state index in [0.717, 1.165) is 25.8 Å². The summed E-state index contributed by atoms with van der Waals surface area (Å²) in [7, 11) is 0. The van der Waals surface area contributed by atoms with Crippen molar-refractivity contribution in [1.29, 1.82) is 0 Å². The minimum absolute atomic E-state index is 0.176. The second-order valence-corrected chi connectivity index (χ2v) is 8.39. The monoisotopic (exact) mass is 365 g/mol. The summed E-state index contributed by atoms with van der Waals surface area (Å²) in [6.45, 7) is 5.64. The van der Waals surface area contributed by atoms with E-state index in [-0.39, 0.29) is 11.2 Å². The fourth-order valence-corrected chi connectivity index (χ4v) is 4.63. The third-order valence-corrected chi connectivity index (χ3v) is 6.32. The van der Waals surface area contributed by atoms with Crippen LogP contribution in [0, 0.1) is 0 Å². The molecule has 1 fully saturated rings. The van der Waals surface area contributed by atoms with E-state index in [1.54, 1.807) is 16.0 Å². The normalized spacial score (nSPS) is 19.4. The van der Waals surface area contributed by atoms with Crippen molar-refractivity contribution in [3.8, 4) is 0 Å². The first-order valence-corrected chi connectivity index (χ1v) is 10.2. The number of tetrazole rings is 1. The van der Waals surface area contributed by atoms with Gasteiger partial charge in [-0.1, -0.05) is 24.8 Å². The van der Waals surface area contributed by atoms with Crippen LogP contribution in [0.5, 0.6) is 0 Å². The number of thiophene rings is 1. The number of aromatic nitrogens is 4. The Hall–Kier alpha value is -1.41. The maximum absolute atomic E-state index is 12.9. The van der Waals surface area contributed by atoms with Gasteiger partial charge in [0, 0.05) is 17.5 Å². The van der Waals surface area contributed by atoms with Gasteiger partial charge in [0.2, 0.25) is 11.1 Å². The number of rotatable bonds is 6. The van der Waals surface area contributed by atoms with Gasteiger partial charge >= 0.3 is 0 Å². The first-order chi connectivity index (χ1) is 11.7. The summed E-state index contributed by atoms with van der Waals surface area (Å²) in [6.07, 6.45) is 4.48. The highest BCUT2D eigenvalue weighted by atomic mass is 32.2. The van der Waals surface area contributed by atoms with Gasteiger partial charge in [0.25, 0.3) is 0 Å². The van der Waals surface area contributed by atoms with E-state index in [1.807, 2.05) is 18.4 Å². The van der Waals surface area contributed by atoms with Gasteiger partial charge in [0.15, 0.2) is 0 Å². The van der Waals surface area contributed by atoms with Crippen LogP contribution in [0.15, 0.2) is 22.7 Å². The Bertz CT molecular complexity index is 657. The third-order valence-electron chi connectivity index (χ3n) is 4.40. The van der Waals surface area contributed by atoms with E-state index in [0.29, 0.717) is 17.7 Å². The van der Waals surface area contributed by atoms with Crippen LogP contribution in [0.3, 0.4) is 0 Å². The molecule has 0 aliphatic carbocycles. The van der Waals surface area contributed by atoms with Gasteiger partial charge in [-0.15, -0.1) is 16.4 Å². The van der Waals surface area contributed by atoms with Crippen molar-refractivity contribution >= 4 is 29.0 Å². The molecule has 1 aliphatic rings. The molecule has 6 nitrogen and oxygen atoms in total. The SMILES string of the molecule is CCC1CCCCN1C(=O)C(C)Sc1nnnn1Cc1cccs1. The zero-order chi connectivity index (χ0) is 16.9. The number of thioether (sulfide) groups is 1. The van der Waals surface area contributed by atoms with Crippen LogP contribution in [-0.2, 0) is 11.3 Å². The van der Waals surface area contributed by atoms with Gasteiger partial charge in [-0.2, -0.15) is 0 Å². The Morgan fingerprint density at radius 2 is 2.38 bits per heavy atom. The fraction of sp³-hybridized carbons (Fsp3) is 0.625. The van der Waals surface area contributed by atoms with Crippen molar-refractivity contribution in [1.82, 2.24) is 25.1 Å². The molecule has 0 spiro atoms. The fourth-order valence-electron chi connectivity index (χ4n) is 3.09. The minimum atomic E-state index is -0.176. The molecule has 1 aliphatic heterocycles. The number of likely N-dealkylation sites (tertiary alicyclic amines) is 1. The van der Waals surface area contributed by atoms with Gasteiger partial charge in [-0.25, -0.2) is 4.68 Å². The van der Waals surface area contributed by atoms with Crippen molar-refractivity contribution in [3.63, 3.8) is 0 Å². The molecule has 8 heteroatoms. The molecule has 0 bridgehead atoms. The number of amides is 1. The summed E-state index contributed by atoms with van der Waals surface area (Å²) in [6, 6.07) is 4.47. The number of piperidine rings is 1. The van der Waals surface area contributed by atoms with Gasteiger partial charge in [0.05, 0.1) is 11.8 Å². The van der Waals surface area contributed by atoms with Gasteiger partial charge in [-0.05, 0) is 54.5 Å². The topological polar surface area (TPSA) is 63.9 Å². The molecule has 0 saturated carbocycles. The van der Waals surface area contributed by atoms with Gasteiger partial charge < -0.3 is 4.90 Å². The molecule has 0 N–H and O–H groups in total. The molecule has 2 aromatic heterocycles. The van der Waals surface area contributed by atoms with E-state index < -0.39 is 0 Å².